The molecule has 100 valence electrons. The molecule has 1 aromatic rings. The average Bonchev–Trinajstić information content (AvgIpc) is 2.41. The molecule has 2 atom stereocenters. The number of hydrogen-bond donors (Lipinski definition) is 3. The van der Waals surface area contributed by atoms with Crippen LogP contribution >= 0.6 is 0 Å². The smallest absolute Gasteiger partial charge is 0.307 e. The second-order valence-corrected chi connectivity index (χ2v) is 4.57. The number of aliphatic carboxylic acids is 1. The number of benzene rings is 1. The molecule has 1 amide bonds. The molecule has 0 aromatic heterocycles. The topological polar surface area (TPSA) is 92.4 Å². The molecule has 5 heteroatoms. The third-order valence-corrected chi connectivity index (χ3v) is 3.31. The van der Waals surface area contributed by atoms with Crippen LogP contribution in [0.25, 0.3) is 0 Å². The van der Waals surface area contributed by atoms with E-state index in [1.165, 1.54) is 0 Å². The lowest BCUT2D eigenvalue weighted by atomic mass is 9.82. The summed E-state index contributed by atoms with van der Waals surface area (Å²) in [6, 6.07) is 6.92. The highest BCUT2D eigenvalue weighted by atomic mass is 16.4. The zero-order chi connectivity index (χ0) is 13.8. The second-order valence-electron chi connectivity index (χ2n) is 4.57. The van der Waals surface area contributed by atoms with E-state index in [0.717, 1.165) is 0 Å². The Balaban J connectivity index is 2.13. The Bertz CT molecular complexity index is 525. The highest BCUT2D eigenvalue weighted by Gasteiger charge is 2.34. The number of carboxylic acids is 1. The summed E-state index contributed by atoms with van der Waals surface area (Å²) in [5.41, 5.74) is 6.73. The lowest BCUT2D eigenvalue weighted by Crippen LogP contribution is -2.34. The summed E-state index contributed by atoms with van der Waals surface area (Å²) in [6.07, 6.45) is 4.48. The molecule has 1 aliphatic rings. The molecule has 1 aliphatic carbocycles. The van der Waals surface area contributed by atoms with Gasteiger partial charge >= 0.3 is 5.97 Å². The van der Waals surface area contributed by atoms with Crippen LogP contribution in [0, 0.1) is 11.8 Å². The zero-order valence-corrected chi connectivity index (χ0v) is 10.4. The van der Waals surface area contributed by atoms with Gasteiger partial charge < -0.3 is 16.2 Å². The van der Waals surface area contributed by atoms with E-state index in [1.54, 1.807) is 30.3 Å². The molecule has 0 aliphatic heterocycles. The molecule has 0 saturated carbocycles. The van der Waals surface area contributed by atoms with Crippen LogP contribution in [0.5, 0.6) is 0 Å². The third-order valence-electron chi connectivity index (χ3n) is 3.31. The second kappa shape index (κ2) is 5.56. The molecule has 0 bridgehead atoms. The number of carbonyl (C=O) groups is 2. The summed E-state index contributed by atoms with van der Waals surface area (Å²) < 4.78 is 0. The lowest BCUT2D eigenvalue weighted by molar-refractivity contribution is -0.146. The van der Waals surface area contributed by atoms with Gasteiger partial charge in [-0.1, -0.05) is 24.3 Å². The molecule has 0 spiro atoms. The maximum absolute atomic E-state index is 12.2. The average molecular weight is 260 g/mol. The Hall–Kier alpha value is -2.30. The predicted octanol–water partition coefficient (Wildman–Crippen LogP) is 1.87. The number of para-hydroxylation sites is 2. The van der Waals surface area contributed by atoms with E-state index >= 15 is 0 Å². The Labute approximate surface area is 111 Å². The molecule has 0 fully saturated rings. The number of nitrogens with two attached hydrogens (primary N) is 1. The number of allylic oxidation sites excluding steroid dienone is 2. The number of nitrogen functional groups attached to an aromatic ring is 1. The van der Waals surface area contributed by atoms with Gasteiger partial charge in [0.1, 0.15) is 0 Å². The van der Waals surface area contributed by atoms with Crippen molar-refractivity contribution in [3.8, 4) is 0 Å². The van der Waals surface area contributed by atoms with Gasteiger partial charge in [0.25, 0.3) is 0 Å². The maximum Gasteiger partial charge on any atom is 0.307 e. The summed E-state index contributed by atoms with van der Waals surface area (Å²) in [7, 11) is 0. The number of amides is 1. The standard InChI is InChI=1S/C14H16N2O3/c15-11-7-3-4-8-12(11)16-13(17)9-5-1-2-6-10(9)14(18)19/h1-4,7-10H,5-6,15H2,(H,16,17)(H,18,19). The molecule has 2 rings (SSSR count). The monoisotopic (exact) mass is 260 g/mol. The first kappa shape index (κ1) is 13.1. The van der Waals surface area contributed by atoms with Gasteiger partial charge in [-0.05, 0) is 25.0 Å². The number of nitrogens with one attached hydrogen (secondary N) is 1. The van der Waals surface area contributed by atoms with E-state index in [4.69, 9.17) is 10.8 Å². The number of rotatable bonds is 3. The van der Waals surface area contributed by atoms with Crippen LogP contribution in [-0.4, -0.2) is 17.0 Å². The van der Waals surface area contributed by atoms with Gasteiger partial charge in [-0.2, -0.15) is 0 Å². The first-order valence-electron chi connectivity index (χ1n) is 6.12. The van der Waals surface area contributed by atoms with Crippen LogP contribution in [0.1, 0.15) is 12.8 Å². The summed E-state index contributed by atoms with van der Waals surface area (Å²) >= 11 is 0. The minimum absolute atomic E-state index is 0.297. The zero-order valence-electron chi connectivity index (χ0n) is 10.4. The number of carbonyl (C=O) groups excluding carboxylic acids is 1. The lowest BCUT2D eigenvalue weighted by Gasteiger charge is -2.24. The molecule has 0 radical (unpaired) electrons. The molecule has 19 heavy (non-hydrogen) atoms. The van der Waals surface area contributed by atoms with Gasteiger partial charge in [0, 0.05) is 0 Å². The fourth-order valence-corrected chi connectivity index (χ4v) is 2.21. The van der Waals surface area contributed by atoms with E-state index < -0.39 is 17.8 Å². The molecular formula is C14H16N2O3. The van der Waals surface area contributed by atoms with E-state index in [0.29, 0.717) is 24.2 Å². The maximum atomic E-state index is 12.2. The molecule has 0 heterocycles. The molecule has 5 nitrogen and oxygen atoms in total. The van der Waals surface area contributed by atoms with Crippen molar-refractivity contribution < 1.29 is 14.7 Å². The van der Waals surface area contributed by atoms with Crippen molar-refractivity contribution in [2.24, 2.45) is 11.8 Å². The summed E-state index contributed by atoms with van der Waals surface area (Å²) in [5, 5.41) is 11.8. The third kappa shape index (κ3) is 2.93. The number of carboxylic acid groups (broad SMARTS) is 1. The normalized spacial score (nSPS) is 21.9. The van der Waals surface area contributed by atoms with Gasteiger partial charge in [0.05, 0.1) is 23.2 Å². The van der Waals surface area contributed by atoms with Crippen molar-refractivity contribution >= 4 is 23.3 Å². The molecule has 2 unspecified atom stereocenters. The van der Waals surface area contributed by atoms with E-state index in [9.17, 15) is 9.59 Å². The van der Waals surface area contributed by atoms with Crippen molar-refractivity contribution in [3.05, 3.63) is 36.4 Å². The summed E-state index contributed by atoms with van der Waals surface area (Å²) in [5.74, 6) is -2.46. The van der Waals surface area contributed by atoms with Crippen LogP contribution in [0.15, 0.2) is 36.4 Å². The van der Waals surface area contributed by atoms with E-state index in [1.807, 2.05) is 6.08 Å². The first-order chi connectivity index (χ1) is 9.09. The highest BCUT2D eigenvalue weighted by Crippen LogP contribution is 2.28. The molecular weight excluding hydrogens is 244 g/mol. The van der Waals surface area contributed by atoms with Crippen molar-refractivity contribution in [3.63, 3.8) is 0 Å². The first-order valence-corrected chi connectivity index (χ1v) is 6.12. The van der Waals surface area contributed by atoms with Crippen molar-refractivity contribution in [2.45, 2.75) is 12.8 Å². The quantitative estimate of drug-likeness (QED) is 0.571. The van der Waals surface area contributed by atoms with Crippen LogP contribution in [0.2, 0.25) is 0 Å². The highest BCUT2D eigenvalue weighted by molar-refractivity contribution is 5.97. The minimum Gasteiger partial charge on any atom is -0.481 e. The van der Waals surface area contributed by atoms with Crippen molar-refractivity contribution in [1.82, 2.24) is 0 Å². The van der Waals surface area contributed by atoms with Gasteiger partial charge in [-0.25, -0.2) is 0 Å². The summed E-state index contributed by atoms with van der Waals surface area (Å²) in [6.45, 7) is 0. The van der Waals surface area contributed by atoms with Crippen LogP contribution in [0.4, 0.5) is 11.4 Å². The van der Waals surface area contributed by atoms with Crippen LogP contribution in [-0.2, 0) is 9.59 Å². The summed E-state index contributed by atoms with van der Waals surface area (Å²) in [4.78, 5) is 23.3. The Morgan fingerprint density at radius 1 is 1.16 bits per heavy atom. The Morgan fingerprint density at radius 3 is 2.42 bits per heavy atom. The van der Waals surface area contributed by atoms with E-state index in [-0.39, 0.29) is 5.91 Å². The minimum atomic E-state index is -0.939. The van der Waals surface area contributed by atoms with Gasteiger partial charge in [-0.15, -0.1) is 0 Å². The van der Waals surface area contributed by atoms with Gasteiger partial charge in [-0.3, -0.25) is 9.59 Å². The van der Waals surface area contributed by atoms with Crippen molar-refractivity contribution in [2.75, 3.05) is 11.1 Å². The van der Waals surface area contributed by atoms with Gasteiger partial charge in [0.2, 0.25) is 5.91 Å². The predicted molar refractivity (Wildman–Crippen MR) is 72.5 cm³/mol. The Morgan fingerprint density at radius 2 is 1.79 bits per heavy atom. The Kier molecular flexibility index (Phi) is 3.85. The van der Waals surface area contributed by atoms with Crippen molar-refractivity contribution in [1.29, 1.82) is 0 Å². The van der Waals surface area contributed by atoms with Gasteiger partial charge in [0.15, 0.2) is 0 Å². The van der Waals surface area contributed by atoms with Crippen LogP contribution in [0.3, 0.4) is 0 Å². The number of hydrogen-bond acceptors (Lipinski definition) is 3. The molecule has 1 aromatic carbocycles. The molecule has 4 N–H and O–H groups in total. The number of anilines is 2. The molecule has 0 saturated heterocycles. The van der Waals surface area contributed by atoms with Crippen LogP contribution < -0.4 is 11.1 Å². The fourth-order valence-electron chi connectivity index (χ4n) is 2.21. The SMILES string of the molecule is Nc1ccccc1NC(=O)C1CC=CCC1C(=O)O. The fraction of sp³-hybridized carbons (Fsp3) is 0.286. The van der Waals surface area contributed by atoms with E-state index in [2.05, 4.69) is 5.32 Å². The largest absolute Gasteiger partial charge is 0.481 e.